The monoisotopic (exact) mass is 494 g/mol. The van der Waals surface area contributed by atoms with Crippen molar-refractivity contribution < 1.29 is 22.8 Å². The summed E-state index contributed by atoms with van der Waals surface area (Å²) >= 11 is 0. The molecule has 0 atom stereocenters. The van der Waals surface area contributed by atoms with E-state index in [1.807, 2.05) is 0 Å². The van der Waals surface area contributed by atoms with Crippen LogP contribution in [0.15, 0.2) is 77.6 Å². The van der Waals surface area contributed by atoms with E-state index in [0.717, 1.165) is 12.1 Å². The summed E-state index contributed by atoms with van der Waals surface area (Å²) in [6.45, 7) is 3.55. The second kappa shape index (κ2) is 9.65. The van der Waals surface area contributed by atoms with E-state index < -0.39 is 23.6 Å². The summed E-state index contributed by atoms with van der Waals surface area (Å²) in [6.07, 6.45) is -4.54. The van der Waals surface area contributed by atoms with Crippen molar-refractivity contribution in [2.24, 2.45) is 0 Å². The number of alkyl halides is 3. The largest absolute Gasteiger partial charge is 0.416 e. The number of amides is 2. The van der Waals surface area contributed by atoms with E-state index in [2.05, 4.69) is 15.7 Å². The Morgan fingerprint density at radius 1 is 0.833 bits per heavy atom. The Kier molecular flexibility index (Phi) is 6.61. The second-order valence-electron chi connectivity index (χ2n) is 8.31. The maximum atomic E-state index is 13.1. The number of rotatable bonds is 5. The van der Waals surface area contributed by atoms with Gasteiger partial charge in [-0.05, 0) is 56.3 Å². The maximum Gasteiger partial charge on any atom is 0.416 e. The molecule has 4 aromatic rings. The van der Waals surface area contributed by atoms with Crippen molar-refractivity contribution >= 4 is 34.0 Å². The van der Waals surface area contributed by atoms with Gasteiger partial charge in [-0.25, -0.2) is 4.68 Å². The molecule has 0 aliphatic heterocycles. The molecule has 0 saturated heterocycles. The van der Waals surface area contributed by atoms with Crippen molar-refractivity contribution in [2.75, 3.05) is 10.6 Å². The van der Waals surface area contributed by atoms with Crippen LogP contribution in [0.25, 0.3) is 10.8 Å². The van der Waals surface area contributed by atoms with Gasteiger partial charge in [0.05, 0.1) is 17.0 Å². The van der Waals surface area contributed by atoms with Crippen molar-refractivity contribution in [1.29, 1.82) is 0 Å². The van der Waals surface area contributed by atoms with Gasteiger partial charge >= 0.3 is 6.18 Å². The van der Waals surface area contributed by atoms with Crippen LogP contribution in [0.5, 0.6) is 0 Å². The lowest BCUT2D eigenvalue weighted by atomic mass is 10.1. The minimum absolute atomic E-state index is 0.0177. The molecule has 1 aromatic heterocycles. The highest BCUT2D eigenvalue weighted by molar-refractivity contribution is 6.12. The molecule has 0 aliphatic carbocycles. The van der Waals surface area contributed by atoms with E-state index in [1.54, 1.807) is 44.2 Å². The summed E-state index contributed by atoms with van der Waals surface area (Å²) in [5.41, 5.74) is -0.789. The molecule has 36 heavy (non-hydrogen) atoms. The number of aromatic nitrogens is 2. The van der Waals surface area contributed by atoms with Gasteiger partial charge in [0, 0.05) is 22.3 Å². The standard InChI is InChI=1S/C26H21F3N4O3/c1-15(2)33-25(36)21-12-4-3-11-20(21)22(32-33)24(35)31-18-9-5-7-16(13-18)23(34)30-19-10-6-8-17(14-19)26(27,28)29/h3-15H,1-2H3,(H,30,34)(H,31,35). The summed E-state index contributed by atoms with van der Waals surface area (Å²) in [7, 11) is 0. The Balaban J connectivity index is 1.59. The summed E-state index contributed by atoms with van der Waals surface area (Å²) in [6, 6.07) is 16.6. The van der Waals surface area contributed by atoms with Crippen molar-refractivity contribution in [1.82, 2.24) is 9.78 Å². The van der Waals surface area contributed by atoms with Crippen LogP contribution in [0, 0.1) is 0 Å². The van der Waals surface area contributed by atoms with Crippen LogP contribution in [-0.4, -0.2) is 21.6 Å². The highest BCUT2D eigenvalue weighted by Gasteiger charge is 2.30. The number of fused-ring (bicyclic) bond motifs is 1. The smallest absolute Gasteiger partial charge is 0.322 e. The van der Waals surface area contributed by atoms with Gasteiger partial charge in [0.25, 0.3) is 17.4 Å². The first-order valence-electron chi connectivity index (χ1n) is 11.0. The van der Waals surface area contributed by atoms with E-state index in [-0.39, 0.29) is 34.2 Å². The molecule has 7 nitrogen and oxygen atoms in total. The maximum absolute atomic E-state index is 13.1. The first kappa shape index (κ1) is 24.6. The van der Waals surface area contributed by atoms with E-state index >= 15 is 0 Å². The highest BCUT2D eigenvalue weighted by Crippen LogP contribution is 2.30. The molecule has 3 aromatic carbocycles. The summed E-state index contributed by atoms with van der Waals surface area (Å²) in [5, 5.41) is 10.1. The van der Waals surface area contributed by atoms with Crippen LogP contribution in [0.1, 0.15) is 46.3 Å². The van der Waals surface area contributed by atoms with Gasteiger partial charge in [-0.1, -0.05) is 30.3 Å². The Morgan fingerprint density at radius 2 is 1.44 bits per heavy atom. The van der Waals surface area contributed by atoms with Crippen LogP contribution < -0.4 is 16.2 Å². The van der Waals surface area contributed by atoms with E-state index in [9.17, 15) is 27.6 Å². The molecular weight excluding hydrogens is 473 g/mol. The SMILES string of the molecule is CC(C)n1nc(C(=O)Nc2cccc(C(=O)Nc3cccc(C(F)(F)F)c3)c2)c2ccccc2c1=O. The minimum Gasteiger partial charge on any atom is -0.322 e. The van der Waals surface area contributed by atoms with Gasteiger partial charge in [0.15, 0.2) is 5.69 Å². The lowest BCUT2D eigenvalue weighted by molar-refractivity contribution is -0.137. The molecule has 2 amide bonds. The zero-order chi connectivity index (χ0) is 26.0. The summed E-state index contributed by atoms with van der Waals surface area (Å²) in [4.78, 5) is 38.5. The first-order valence-corrected chi connectivity index (χ1v) is 11.0. The molecule has 0 spiro atoms. The summed E-state index contributed by atoms with van der Waals surface area (Å²) < 4.78 is 40.1. The quantitative estimate of drug-likeness (QED) is 0.383. The van der Waals surface area contributed by atoms with E-state index in [1.165, 1.54) is 35.0 Å². The van der Waals surface area contributed by atoms with E-state index in [0.29, 0.717) is 10.8 Å². The number of anilines is 2. The molecule has 0 fully saturated rings. The zero-order valence-electron chi connectivity index (χ0n) is 19.3. The first-order chi connectivity index (χ1) is 17.0. The number of benzene rings is 3. The van der Waals surface area contributed by atoms with E-state index in [4.69, 9.17) is 0 Å². The van der Waals surface area contributed by atoms with Crippen molar-refractivity contribution in [3.63, 3.8) is 0 Å². The Morgan fingerprint density at radius 3 is 2.11 bits per heavy atom. The molecule has 0 aliphatic rings. The predicted octanol–water partition coefficient (Wildman–Crippen LogP) is 5.50. The fourth-order valence-corrected chi connectivity index (χ4v) is 3.63. The molecule has 2 N–H and O–H groups in total. The van der Waals surface area contributed by atoms with Gasteiger partial charge in [-0.15, -0.1) is 0 Å². The molecule has 10 heteroatoms. The molecule has 4 rings (SSSR count). The molecular formula is C26H21F3N4O3. The lowest BCUT2D eigenvalue weighted by Crippen LogP contribution is -2.29. The minimum atomic E-state index is -4.54. The van der Waals surface area contributed by atoms with Crippen LogP contribution in [-0.2, 0) is 6.18 Å². The molecule has 0 unspecified atom stereocenters. The van der Waals surface area contributed by atoms with Crippen LogP contribution in [0.2, 0.25) is 0 Å². The van der Waals surface area contributed by atoms with Crippen LogP contribution in [0.4, 0.5) is 24.5 Å². The highest BCUT2D eigenvalue weighted by atomic mass is 19.4. The van der Waals surface area contributed by atoms with Gasteiger partial charge in [-0.3, -0.25) is 14.4 Å². The van der Waals surface area contributed by atoms with Crippen LogP contribution >= 0.6 is 0 Å². The van der Waals surface area contributed by atoms with Gasteiger partial charge < -0.3 is 10.6 Å². The fourth-order valence-electron chi connectivity index (χ4n) is 3.63. The molecule has 184 valence electrons. The number of nitrogens with zero attached hydrogens (tertiary/aromatic N) is 2. The average Bonchev–Trinajstić information content (AvgIpc) is 2.84. The summed E-state index contributed by atoms with van der Waals surface area (Å²) in [5.74, 6) is -1.24. The Bertz CT molecular complexity index is 1530. The van der Waals surface area contributed by atoms with Gasteiger partial charge in [0.1, 0.15) is 0 Å². The van der Waals surface area contributed by atoms with Crippen molar-refractivity contribution in [3.8, 4) is 0 Å². The zero-order valence-corrected chi connectivity index (χ0v) is 19.3. The third kappa shape index (κ3) is 5.12. The third-order valence-corrected chi connectivity index (χ3v) is 5.36. The molecule has 1 heterocycles. The topological polar surface area (TPSA) is 93.1 Å². The number of hydrogen-bond donors (Lipinski definition) is 2. The number of nitrogens with one attached hydrogen (secondary N) is 2. The third-order valence-electron chi connectivity index (χ3n) is 5.36. The fraction of sp³-hybridized carbons (Fsp3) is 0.154. The predicted molar refractivity (Wildman–Crippen MR) is 130 cm³/mol. The van der Waals surface area contributed by atoms with Crippen molar-refractivity contribution in [3.05, 3.63) is 100.0 Å². The van der Waals surface area contributed by atoms with Gasteiger partial charge in [-0.2, -0.15) is 18.3 Å². The number of carbonyl (C=O) groups is 2. The molecule has 0 saturated carbocycles. The Hall–Kier alpha value is -4.47. The number of halogens is 3. The average molecular weight is 494 g/mol. The molecule has 0 bridgehead atoms. The number of hydrogen-bond acceptors (Lipinski definition) is 4. The number of carbonyl (C=O) groups excluding carboxylic acids is 2. The van der Waals surface area contributed by atoms with Crippen molar-refractivity contribution in [2.45, 2.75) is 26.1 Å². The second-order valence-corrected chi connectivity index (χ2v) is 8.31. The lowest BCUT2D eigenvalue weighted by Gasteiger charge is -2.14. The normalized spacial score (nSPS) is 11.5. The van der Waals surface area contributed by atoms with Crippen LogP contribution in [0.3, 0.4) is 0 Å². The molecule has 0 radical (unpaired) electrons. The Labute approximate surface area is 203 Å². The van der Waals surface area contributed by atoms with Gasteiger partial charge in [0.2, 0.25) is 0 Å².